The third kappa shape index (κ3) is 3.47. The van der Waals surface area contributed by atoms with Gasteiger partial charge in [-0.3, -0.25) is 0 Å². The molecular weight excluding hydrogens is 178 g/mol. The summed E-state index contributed by atoms with van der Waals surface area (Å²) in [6.07, 6.45) is 4.23. The number of aromatic nitrogens is 2. The molecule has 2 N–H and O–H groups in total. The van der Waals surface area contributed by atoms with Crippen molar-refractivity contribution in [3.05, 3.63) is 18.2 Å². The number of hydrogen-bond donors (Lipinski definition) is 2. The van der Waals surface area contributed by atoms with Gasteiger partial charge in [0, 0.05) is 25.5 Å². The first-order valence-electron chi connectivity index (χ1n) is 4.97. The van der Waals surface area contributed by atoms with E-state index in [0.29, 0.717) is 6.04 Å². The van der Waals surface area contributed by atoms with Crippen molar-refractivity contribution in [2.24, 2.45) is 7.05 Å². The second-order valence-corrected chi connectivity index (χ2v) is 3.82. The number of hydrogen-bond acceptors (Lipinski definition) is 3. The average Bonchev–Trinajstić information content (AvgIpc) is 2.46. The second-order valence-electron chi connectivity index (χ2n) is 3.82. The van der Waals surface area contributed by atoms with Gasteiger partial charge >= 0.3 is 0 Å². The molecule has 0 bridgehead atoms. The lowest BCUT2D eigenvalue weighted by Gasteiger charge is -2.14. The van der Waals surface area contributed by atoms with Gasteiger partial charge in [0.25, 0.3) is 0 Å². The molecule has 0 aliphatic heterocycles. The highest BCUT2D eigenvalue weighted by Gasteiger charge is 2.06. The van der Waals surface area contributed by atoms with Gasteiger partial charge in [0.2, 0.25) is 0 Å². The van der Waals surface area contributed by atoms with E-state index >= 15 is 0 Å². The van der Waals surface area contributed by atoms with Crippen LogP contribution in [0.3, 0.4) is 0 Å². The lowest BCUT2D eigenvalue weighted by molar-refractivity contribution is 0.170. The summed E-state index contributed by atoms with van der Waals surface area (Å²) in [5.74, 6) is 1.02. The predicted molar refractivity (Wildman–Crippen MR) is 55.8 cm³/mol. The molecule has 80 valence electrons. The number of nitrogens with zero attached hydrogens (tertiary/aromatic N) is 2. The topological polar surface area (TPSA) is 50.1 Å². The molecule has 0 radical (unpaired) electrons. The molecule has 0 aliphatic rings. The number of imidazole rings is 1. The third-order valence-electron chi connectivity index (χ3n) is 2.22. The summed E-state index contributed by atoms with van der Waals surface area (Å²) in [5.41, 5.74) is 0. The van der Waals surface area contributed by atoms with E-state index in [1.807, 2.05) is 17.8 Å². The summed E-state index contributed by atoms with van der Waals surface area (Å²) >= 11 is 0. The van der Waals surface area contributed by atoms with Crippen molar-refractivity contribution in [1.29, 1.82) is 0 Å². The first-order valence-corrected chi connectivity index (χ1v) is 4.97. The molecule has 2 atom stereocenters. The van der Waals surface area contributed by atoms with Crippen molar-refractivity contribution in [2.45, 2.75) is 39.0 Å². The number of aliphatic hydroxyl groups excluding tert-OH is 1. The van der Waals surface area contributed by atoms with E-state index in [1.165, 1.54) is 0 Å². The zero-order valence-electron chi connectivity index (χ0n) is 9.07. The Morgan fingerprint density at radius 3 is 2.79 bits per heavy atom. The highest BCUT2D eigenvalue weighted by molar-refractivity contribution is 4.90. The molecule has 1 aromatic heterocycles. The SMILES string of the molecule is CC(O)CC(C)NCc1nccn1C. The fraction of sp³-hybridized carbons (Fsp3) is 0.700. The Morgan fingerprint density at radius 2 is 2.29 bits per heavy atom. The highest BCUT2D eigenvalue weighted by Crippen LogP contribution is 1.99. The average molecular weight is 197 g/mol. The third-order valence-corrected chi connectivity index (χ3v) is 2.22. The summed E-state index contributed by atoms with van der Waals surface area (Å²) < 4.78 is 1.99. The molecule has 0 fully saturated rings. The van der Waals surface area contributed by atoms with Crippen molar-refractivity contribution in [1.82, 2.24) is 14.9 Å². The molecule has 1 rings (SSSR count). The van der Waals surface area contributed by atoms with Crippen molar-refractivity contribution >= 4 is 0 Å². The van der Waals surface area contributed by atoms with Crippen LogP contribution in [0.1, 0.15) is 26.1 Å². The fourth-order valence-corrected chi connectivity index (χ4v) is 1.43. The van der Waals surface area contributed by atoms with Gasteiger partial charge < -0.3 is 15.0 Å². The monoisotopic (exact) mass is 197 g/mol. The molecule has 0 aliphatic carbocycles. The first kappa shape index (κ1) is 11.2. The first-order chi connectivity index (χ1) is 6.59. The summed E-state index contributed by atoms with van der Waals surface area (Å²) in [7, 11) is 1.98. The van der Waals surface area contributed by atoms with Crippen molar-refractivity contribution < 1.29 is 5.11 Å². The molecular formula is C10H19N3O. The van der Waals surface area contributed by atoms with E-state index in [2.05, 4.69) is 17.2 Å². The molecule has 4 nitrogen and oxygen atoms in total. The minimum absolute atomic E-state index is 0.251. The lowest BCUT2D eigenvalue weighted by atomic mass is 10.1. The van der Waals surface area contributed by atoms with Crippen LogP contribution in [-0.2, 0) is 13.6 Å². The molecule has 0 saturated carbocycles. The summed E-state index contributed by atoms with van der Waals surface area (Å²) in [6.45, 7) is 4.62. The van der Waals surface area contributed by atoms with Crippen molar-refractivity contribution in [2.75, 3.05) is 0 Å². The number of nitrogens with one attached hydrogen (secondary N) is 1. The van der Waals surface area contributed by atoms with Crippen LogP contribution in [0.25, 0.3) is 0 Å². The van der Waals surface area contributed by atoms with Gasteiger partial charge in [0.1, 0.15) is 5.82 Å². The minimum Gasteiger partial charge on any atom is -0.393 e. The lowest BCUT2D eigenvalue weighted by Crippen LogP contribution is -2.29. The van der Waals surface area contributed by atoms with Crippen LogP contribution in [0.2, 0.25) is 0 Å². The Balaban J connectivity index is 2.30. The Morgan fingerprint density at radius 1 is 1.57 bits per heavy atom. The molecule has 14 heavy (non-hydrogen) atoms. The van der Waals surface area contributed by atoms with Crippen LogP contribution in [0.15, 0.2) is 12.4 Å². The largest absolute Gasteiger partial charge is 0.393 e. The molecule has 1 heterocycles. The summed E-state index contributed by atoms with van der Waals surface area (Å²) in [4.78, 5) is 4.20. The second kappa shape index (κ2) is 5.12. The van der Waals surface area contributed by atoms with E-state index in [0.717, 1.165) is 18.8 Å². The van der Waals surface area contributed by atoms with E-state index in [-0.39, 0.29) is 6.10 Å². The standard InChI is InChI=1S/C10H19N3O/c1-8(6-9(2)14)12-7-10-11-4-5-13(10)3/h4-5,8-9,12,14H,6-7H2,1-3H3. The highest BCUT2D eigenvalue weighted by atomic mass is 16.3. The van der Waals surface area contributed by atoms with Gasteiger partial charge in [-0.05, 0) is 20.3 Å². The van der Waals surface area contributed by atoms with Gasteiger partial charge in [0.05, 0.1) is 12.6 Å². The van der Waals surface area contributed by atoms with Crippen molar-refractivity contribution in [3.63, 3.8) is 0 Å². The zero-order chi connectivity index (χ0) is 10.6. The molecule has 4 heteroatoms. The van der Waals surface area contributed by atoms with Crippen LogP contribution in [-0.4, -0.2) is 26.8 Å². The quantitative estimate of drug-likeness (QED) is 0.729. The maximum absolute atomic E-state index is 9.17. The van der Waals surface area contributed by atoms with Gasteiger partial charge in [0.15, 0.2) is 0 Å². The normalized spacial score (nSPS) is 15.4. The van der Waals surface area contributed by atoms with E-state index < -0.39 is 0 Å². The van der Waals surface area contributed by atoms with Crippen LogP contribution >= 0.6 is 0 Å². The van der Waals surface area contributed by atoms with E-state index in [1.54, 1.807) is 13.1 Å². The number of aryl methyl sites for hydroxylation is 1. The summed E-state index contributed by atoms with van der Waals surface area (Å²) in [5, 5.41) is 12.5. The molecule has 0 amide bonds. The summed E-state index contributed by atoms with van der Waals surface area (Å²) in [6, 6.07) is 0.312. The minimum atomic E-state index is -0.251. The number of aliphatic hydroxyl groups is 1. The fourth-order valence-electron chi connectivity index (χ4n) is 1.43. The van der Waals surface area contributed by atoms with Crippen LogP contribution in [0, 0.1) is 0 Å². The van der Waals surface area contributed by atoms with E-state index in [9.17, 15) is 5.11 Å². The van der Waals surface area contributed by atoms with Crippen molar-refractivity contribution in [3.8, 4) is 0 Å². The van der Waals surface area contributed by atoms with Crippen LogP contribution in [0.4, 0.5) is 0 Å². The Kier molecular flexibility index (Phi) is 4.10. The zero-order valence-corrected chi connectivity index (χ0v) is 9.07. The molecule has 0 saturated heterocycles. The van der Waals surface area contributed by atoms with E-state index in [4.69, 9.17) is 0 Å². The Labute approximate surface area is 85.0 Å². The predicted octanol–water partition coefficient (Wildman–Crippen LogP) is 0.669. The van der Waals surface area contributed by atoms with Gasteiger partial charge in [-0.2, -0.15) is 0 Å². The maximum Gasteiger partial charge on any atom is 0.122 e. The van der Waals surface area contributed by atoms with Gasteiger partial charge in [-0.1, -0.05) is 0 Å². The Hall–Kier alpha value is -0.870. The van der Waals surface area contributed by atoms with Crippen LogP contribution < -0.4 is 5.32 Å². The van der Waals surface area contributed by atoms with Gasteiger partial charge in [-0.25, -0.2) is 4.98 Å². The van der Waals surface area contributed by atoms with Gasteiger partial charge in [-0.15, -0.1) is 0 Å². The van der Waals surface area contributed by atoms with Crippen LogP contribution in [0.5, 0.6) is 0 Å². The maximum atomic E-state index is 9.17. The molecule has 0 spiro atoms. The molecule has 1 aromatic rings. The Bertz CT molecular complexity index is 270. The number of rotatable bonds is 5. The smallest absolute Gasteiger partial charge is 0.122 e. The molecule has 0 aromatic carbocycles. The molecule has 2 unspecified atom stereocenters.